The van der Waals surface area contributed by atoms with E-state index >= 15 is 0 Å². The minimum absolute atomic E-state index is 0.221. The van der Waals surface area contributed by atoms with Gasteiger partial charge in [0.1, 0.15) is 0 Å². The largest absolute Gasteiger partial charge is 0.310 e. The molecule has 0 heterocycles. The van der Waals surface area contributed by atoms with Gasteiger partial charge in [0.15, 0.2) is 0 Å². The molecule has 2 aliphatic rings. The van der Waals surface area contributed by atoms with Crippen LogP contribution in [0.25, 0.3) is 88.3 Å². The Morgan fingerprint density at radius 1 is 0.261 bits per heavy atom. The number of benzene rings is 11. The highest BCUT2D eigenvalue weighted by atomic mass is 15.1. The lowest BCUT2D eigenvalue weighted by atomic mass is 9.81. The molecule has 1 heteroatoms. The van der Waals surface area contributed by atoms with Crippen LogP contribution in [0.4, 0.5) is 17.1 Å². The molecule has 0 aromatic heterocycles. The summed E-state index contributed by atoms with van der Waals surface area (Å²) in [6.07, 6.45) is 0. The summed E-state index contributed by atoms with van der Waals surface area (Å²) in [6, 6.07) is 88.1. The molecule has 0 bridgehead atoms. The maximum Gasteiger partial charge on any atom is 0.0540 e. The van der Waals surface area contributed by atoms with E-state index in [9.17, 15) is 0 Å². The number of nitrogens with zero attached hydrogens (tertiary/aromatic N) is 1. The number of rotatable bonds is 7. The van der Waals surface area contributed by atoms with Crippen molar-refractivity contribution in [2.45, 2.75) is 38.5 Å². The summed E-state index contributed by atoms with van der Waals surface area (Å²) in [6.45, 7) is 9.62. The van der Waals surface area contributed by atoms with Crippen LogP contribution in [-0.2, 0) is 10.8 Å². The molecule has 2 aliphatic carbocycles. The summed E-state index contributed by atoms with van der Waals surface area (Å²) >= 11 is 0. The zero-order valence-corrected chi connectivity index (χ0v) is 39.5. The zero-order valence-electron chi connectivity index (χ0n) is 39.5. The Morgan fingerprint density at radius 3 is 1.30 bits per heavy atom. The van der Waals surface area contributed by atoms with Crippen molar-refractivity contribution < 1.29 is 0 Å². The van der Waals surface area contributed by atoms with Crippen LogP contribution in [0.1, 0.15) is 49.9 Å². The second-order valence-electron chi connectivity index (χ2n) is 20.1. The summed E-state index contributed by atoms with van der Waals surface area (Å²) in [7, 11) is 0. The molecule has 13 rings (SSSR count). The van der Waals surface area contributed by atoms with Crippen molar-refractivity contribution in [3.05, 3.63) is 259 Å². The van der Waals surface area contributed by atoms with E-state index in [0.29, 0.717) is 0 Å². The second kappa shape index (κ2) is 15.7. The van der Waals surface area contributed by atoms with Gasteiger partial charge in [0.2, 0.25) is 0 Å². The van der Waals surface area contributed by atoms with Gasteiger partial charge in [-0.3, -0.25) is 0 Å². The Labute approximate surface area is 405 Å². The molecule has 328 valence electrons. The first-order valence-corrected chi connectivity index (χ1v) is 24.3. The first-order valence-electron chi connectivity index (χ1n) is 24.3. The van der Waals surface area contributed by atoms with Crippen LogP contribution in [0.15, 0.2) is 237 Å². The number of para-hydroxylation sites is 1. The van der Waals surface area contributed by atoms with E-state index in [4.69, 9.17) is 0 Å². The molecular weight excluding hydrogens is 831 g/mol. The third-order valence-electron chi connectivity index (χ3n) is 15.5. The third-order valence-corrected chi connectivity index (χ3v) is 15.5. The van der Waals surface area contributed by atoms with E-state index in [-0.39, 0.29) is 10.8 Å². The van der Waals surface area contributed by atoms with E-state index in [1.165, 1.54) is 111 Å². The fraction of sp³-hybridized carbons (Fsp3) is 0.0882. The first-order chi connectivity index (χ1) is 33.7. The predicted octanol–water partition coefficient (Wildman–Crippen LogP) is 18.7. The summed E-state index contributed by atoms with van der Waals surface area (Å²) in [5.74, 6) is 0. The molecule has 0 fully saturated rings. The number of fused-ring (bicyclic) bond motifs is 9. The van der Waals surface area contributed by atoms with Crippen LogP contribution >= 0.6 is 0 Å². The molecule has 0 radical (unpaired) electrons. The molecule has 11 aromatic carbocycles. The van der Waals surface area contributed by atoms with E-state index < -0.39 is 0 Å². The molecule has 11 aromatic rings. The van der Waals surface area contributed by atoms with Crippen molar-refractivity contribution in [3.63, 3.8) is 0 Å². The van der Waals surface area contributed by atoms with Crippen molar-refractivity contribution in [3.8, 4) is 66.8 Å². The Kier molecular flexibility index (Phi) is 9.30. The van der Waals surface area contributed by atoms with Gasteiger partial charge in [-0.1, -0.05) is 216 Å². The topological polar surface area (TPSA) is 3.24 Å². The maximum absolute atomic E-state index is 2.51. The van der Waals surface area contributed by atoms with Crippen LogP contribution in [0.2, 0.25) is 0 Å². The minimum Gasteiger partial charge on any atom is -0.310 e. The van der Waals surface area contributed by atoms with E-state index in [1.54, 1.807) is 0 Å². The quantitative estimate of drug-likeness (QED) is 0.144. The Hall–Kier alpha value is -8.26. The van der Waals surface area contributed by atoms with Gasteiger partial charge in [-0.25, -0.2) is 0 Å². The monoisotopic (exact) mass is 881 g/mol. The molecule has 0 atom stereocenters. The van der Waals surface area contributed by atoms with Crippen LogP contribution < -0.4 is 4.90 Å². The van der Waals surface area contributed by atoms with Crippen molar-refractivity contribution in [2.24, 2.45) is 0 Å². The molecule has 69 heavy (non-hydrogen) atoms. The Morgan fingerprint density at radius 2 is 0.681 bits per heavy atom. The summed E-state index contributed by atoms with van der Waals surface area (Å²) in [5.41, 5.74) is 23.5. The highest BCUT2D eigenvalue weighted by Crippen LogP contribution is 2.55. The molecule has 0 aliphatic heterocycles. The molecule has 0 saturated carbocycles. The van der Waals surface area contributed by atoms with Gasteiger partial charge in [-0.15, -0.1) is 0 Å². The predicted molar refractivity (Wildman–Crippen MR) is 293 cm³/mol. The lowest BCUT2D eigenvalue weighted by Gasteiger charge is -2.31. The van der Waals surface area contributed by atoms with Gasteiger partial charge in [0, 0.05) is 27.8 Å². The van der Waals surface area contributed by atoms with Crippen molar-refractivity contribution >= 4 is 38.6 Å². The SMILES string of the molecule is CC1(C)c2cc(-c3ccc(-c4ccccc4)cc3)ccc2-c2ccc(N(c3ccc4c(c3)C(C)(C)c3cc(-c5cc6ccccc6c6ccccc56)ccc3-4)c3ccccc3-c3ccccc3)cc21. The van der Waals surface area contributed by atoms with Crippen LogP contribution in [0, 0.1) is 0 Å². The van der Waals surface area contributed by atoms with Crippen LogP contribution in [0.5, 0.6) is 0 Å². The van der Waals surface area contributed by atoms with Gasteiger partial charge >= 0.3 is 0 Å². The van der Waals surface area contributed by atoms with Crippen LogP contribution in [0.3, 0.4) is 0 Å². The Bertz CT molecular complexity index is 3820. The van der Waals surface area contributed by atoms with Crippen molar-refractivity contribution in [1.82, 2.24) is 0 Å². The fourth-order valence-electron chi connectivity index (χ4n) is 11.8. The molecular formula is C68H51N. The van der Waals surface area contributed by atoms with Gasteiger partial charge in [-0.05, 0) is 154 Å². The zero-order chi connectivity index (χ0) is 46.4. The fourth-order valence-corrected chi connectivity index (χ4v) is 11.8. The second-order valence-corrected chi connectivity index (χ2v) is 20.1. The summed E-state index contributed by atoms with van der Waals surface area (Å²) in [5, 5.41) is 5.14. The average Bonchev–Trinajstić information content (AvgIpc) is 3.77. The lowest BCUT2D eigenvalue weighted by molar-refractivity contribution is 0.660. The van der Waals surface area contributed by atoms with Gasteiger partial charge in [0.25, 0.3) is 0 Å². The van der Waals surface area contributed by atoms with Gasteiger partial charge in [-0.2, -0.15) is 0 Å². The third kappa shape index (κ3) is 6.52. The summed E-state index contributed by atoms with van der Waals surface area (Å²) in [4.78, 5) is 2.51. The molecule has 0 spiro atoms. The van der Waals surface area contributed by atoms with Gasteiger partial charge < -0.3 is 4.90 Å². The average molecular weight is 882 g/mol. The number of anilines is 3. The van der Waals surface area contributed by atoms with Crippen molar-refractivity contribution in [1.29, 1.82) is 0 Å². The van der Waals surface area contributed by atoms with Crippen LogP contribution in [-0.4, -0.2) is 0 Å². The smallest absolute Gasteiger partial charge is 0.0540 e. The Balaban J connectivity index is 0.915. The lowest BCUT2D eigenvalue weighted by Crippen LogP contribution is -2.18. The molecule has 1 nitrogen and oxygen atoms in total. The minimum atomic E-state index is -0.241. The van der Waals surface area contributed by atoms with Gasteiger partial charge in [0.05, 0.1) is 5.69 Å². The normalized spacial score (nSPS) is 13.7. The standard InChI is InChI=1S/C68H51N/c1-67(2)62-40-48(46-29-27-45(28-30-46)44-17-7-5-8-18-44)31-35-57(62)59-37-33-51(42-64(59)67)69(66-26-16-15-23-54(66)47-19-9-6-10-20-47)52-34-38-60-58-36-32-50(41-63(58)68(3,4)65(60)43-52)61-39-49-21-11-12-22-53(49)55-24-13-14-25-56(55)61/h5-43H,1-4H3. The first kappa shape index (κ1) is 41.0. The number of hydrogen-bond acceptors (Lipinski definition) is 1. The number of hydrogen-bond donors (Lipinski definition) is 0. The van der Waals surface area contributed by atoms with E-state index in [2.05, 4.69) is 269 Å². The molecule has 0 N–H and O–H groups in total. The highest BCUT2D eigenvalue weighted by molar-refractivity contribution is 6.14. The highest BCUT2D eigenvalue weighted by Gasteiger charge is 2.39. The summed E-state index contributed by atoms with van der Waals surface area (Å²) < 4.78 is 0. The maximum atomic E-state index is 2.51. The molecule has 0 saturated heterocycles. The van der Waals surface area contributed by atoms with E-state index in [0.717, 1.165) is 17.1 Å². The van der Waals surface area contributed by atoms with E-state index in [1.807, 2.05) is 0 Å². The van der Waals surface area contributed by atoms with Crippen molar-refractivity contribution in [2.75, 3.05) is 4.90 Å². The molecule has 0 amide bonds. The molecule has 0 unspecified atom stereocenters.